The zero-order valence-electron chi connectivity index (χ0n) is 29.4. The van der Waals surface area contributed by atoms with Crippen molar-refractivity contribution >= 4 is 32.6 Å². The predicted molar refractivity (Wildman–Crippen MR) is 213 cm³/mol. The highest BCUT2D eigenvalue weighted by molar-refractivity contribution is 6.10. The van der Waals surface area contributed by atoms with Gasteiger partial charge in [0.1, 0.15) is 0 Å². The van der Waals surface area contributed by atoms with Crippen LogP contribution in [0.4, 0.5) is 0 Å². The molecule has 254 valence electrons. The van der Waals surface area contributed by atoms with E-state index in [4.69, 9.17) is 15.0 Å². The summed E-state index contributed by atoms with van der Waals surface area (Å²) in [5.41, 5.74) is 8.49. The Bertz CT molecular complexity index is 2740. The van der Waals surface area contributed by atoms with E-state index in [0.717, 1.165) is 67.3 Å². The monoisotopic (exact) mass is 683 g/mol. The van der Waals surface area contributed by atoms with Crippen LogP contribution in [-0.4, -0.2) is 19.5 Å². The predicted octanol–water partition coefficient (Wildman–Crippen LogP) is 11.5. The van der Waals surface area contributed by atoms with Crippen molar-refractivity contribution in [3.05, 3.63) is 145 Å². The summed E-state index contributed by atoms with van der Waals surface area (Å²) in [6, 6.07) is 49.2. The van der Waals surface area contributed by atoms with E-state index in [1.165, 1.54) is 49.5 Å². The van der Waals surface area contributed by atoms with Crippen LogP contribution in [0.25, 0.3) is 72.4 Å². The maximum absolute atomic E-state index is 9.93. The quantitative estimate of drug-likeness (QED) is 0.181. The van der Waals surface area contributed by atoms with Crippen LogP contribution in [-0.2, 0) is 5.41 Å². The smallest absolute Gasteiger partial charge is 0.164 e. The van der Waals surface area contributed by atoms with Gasteiger partial charge in [-0.05, 0) is 114 Å². The number of nitriles is 1. The molecular formula is C48H37N5. The highest BCUT2D eigenvalue weighted by Gasteiger charge is 2.51. The topological polar surface area (TPSA) is 67.4 Å². The first-order chi connectivity index (χ1) is 26.1. The van der Waals surface area contributed by atoms with Crippen LogP contribution in [0.1, 0.15) is 49.7 Å². The molecule has 0 radical (unpaired) electrons. The lowest BCUT2D eigenvalue weighted by atomic mass is 9.48. The van der Waals surface area contributed by atoms with Gasteiger partial charge in [0.25, 0.3) is 0 Å². The van der Waals surface area contributed by atoms with Gasteiger partial charge in [0, 0.05) is 33.2 Å². The van der Waals surface area contributed by atoms with Crippen LogP contribution in [0.3, 0.4) is 0 Å². The Morgan fingerprint density at radius 2 is 1.09 bits per heavy atom. The van der Waals surface area contributed by atoms with E-state index in [9.17, 15) is 5.26 Å². The van der Waals surface area contributed by atoms with E-state index in [1.54, 1.807) is 0 Å². The fourth-order valence-corrected chi connectivity index (χ4v) is 10.6. The zero-order chi connectivity index (χ0) is 35.1. The summed E-state index contributed by atoms with van der Waals surface area (Å²) in [5.74, 6) is 4.61. The molecule has 4 fully saturated rings. The molecule has 8 aromatic rings. The standard InChI is InChI=1S/C48H37N5/c49-29-30-10-18-41-42-19-13-38(47-51-45(35-7-2-1-3-8-35)50-46(52-47)37-12-11-34-6-4-5-9-36(34)24-37)25-44(42)53(43(41)23-30)40-16-14-39(15-17-40)48-26-31-20-32(27-48)22-33(21-31)28-48/h1-19,23-25,31-33H,20-22,26-28H2/t31-,32-,33-,48?. The Labute approximate surface area is 308 Å². The minimum absolute atomic E-state index is 0.340. The van der Waals surface area contributed by atoms with Crippen LogP contribution in [0.5, 0.6) is 0 Å². The maximum Gasteiger partial charge on any atom is 0.164 e. The number of fused-ring (bicyclic) bond motifs is 4. The van der Waals surface area contributed by atoms with Crippen LogP contribution >= 0.6 is 0 Å². The molecule has 4 bridgehead atoms. The van der Waals surface area contributed by atoms with E-state index in [-0.39, 0.29) is 0 Å². The van der Waals surface area contributed by atoms with Gasteiger partial charge < -0.3 is 4.57 Å². The van der Waals surface area contributed by atoms with Crippen molar-refractivity contribution in [2.45, 2.75) is 43.9 Å². The largest absolute Gasteiger partial charge is 0.309 e. The van der Waals surface area contributed by atoms with E-state index in [2.05, 4.69) is 102 Å². The third-order valence-corrected chi connectivity index (χ3v) is 12.6. The second kappa shape index (κ2) is 11.7. The lowest BCUT2D eigenvalue weighted by Gasteiger charge is -2.57. The number of hydrogen-bond acceptors (Lipinski definition) is 4. The van der Waals surface area contributed by atoms with Crippen LogP contribution in [0.2, 0.25) is 0 Å². The number of rotatable bonds is 5. The van der Waals surface area contributed by atoms with Gasteiger partial charge in [0.15, 0.2) is 17.5 Å². The lowest BCUT2D eigenvalue weighted by Crippen LogP contribution is -2.48. The molecule has 2 aromatic heterocycles. The molecule has 5 heteroatoms. The number of aromatic nitrogens is 4. The van der Waals surface area contributed by atoms with Gasteiger partial charge in [0.2, 0.25) is 0 Å². The highest BCUT2D eigenvalue weighted by Crippen LogP contribution is 2.60. The van der Waals surface area contributed by atoms with Gasteiger partial charge in [-0.3, -0.25) is 0 Å². The average molecular weight is 684 g/mol. The SMILES string of the molecule is N#Cc1ccc2c3ccc(-c4nc(-c5ccccc5)nc(-c5ccc6ccccc6c5)n4)cc3n(-c3ccc(C45C[C@H]6C[C@H](C4)C[C@@H](C5)C6)cc3)c2c1. The first-order valence-electron chi connectivity index (χ1n) is 19.0. The summed E-state index contributed by atoms with van der Waals surface area (Å²) >= 11 is 0. The molecule has 0 saturated heterocycles. The number of benzene rings is 6. The third-order valence-electron chi connectivity index (χ3n) is 12.6. The van der Waals surface area contributed by atoms with E-state index >= 15 is 0 Å². The Kier molecular flexibility index (Phi) is 6.73. The summed E-state index contributed by atoms with van der Waals surface area (Å²) in [4.78, 5) is 15.2. The molecule has 6 aromatic carbocycles. The van der Waals surface area contributed by atoms with Crippen molar-refractivity contribution in [3.63, 3.8) is 0 Å². The Hall–Kier alpha value is -6.12. The summed E-state index contributed by atoms with van der Waals surface area (Å²) in [7, 11) is 0. The van der Waals surface area contributed by atoms with E-state index < -0.39 is 0 Å². The first-order valence-corrected chi connectivity index (χ1v) is 19.0. The number of hydrogen-bond donors (Lipinski definition) is 0. The van der Waals surface area contributed by atoms with Crippen molar-refractivity contribution in [2.75, 3.05) is 0 Å². The summed E-state index contributed by atoms with van der Waals surface area (Å²) < 4.78 is 2.32. The van der Waals surface area contributed by atoms with Gasteiger partial charge in [-0.2, -0.15) is 5.26 Å². The molecule has 0 spiro atoms. The van der Waals surface area contributed by atoms with Crippen LogP contribution < -0.4 is 0 Å². The fraction of sp³-hybridized carbons (Fsp3) is 0.208. The van der Waals surface area contributed by atoms with Crippen LogP contribution in [0.15, 0.2) is 133 Å². The average Bonchev–Trinajstić information content (AvgIpc) is 3.53. The molecule has 4 saturated carbocycles. The van der Waals surface area contributed by atoms with Crippen molar-refractivity contribution in [1.82, 2.24) is 19.5 Å². The van der Waals surface area contributed by atoms with E-state index in [0.29, 0.717) is 28.5 Å². The van der Waals surface area contributed by atoms with Crippen molar-refractivity contribution in [2.24, 2.45) is 17.8 Å². The van der Waals surface area contributed by atoms with Gasteiger partial charge >= 0.3 is 0 Å². The Morgan fingerprint density at radius 1 is 0.528 bits per heavy atom. The summed E-state index contributed by atoms with van der Waals surface area (Å²) in [6.07, 6.45) is 8.38. The minimum Gasteiger partial charge on any atom is -0.309 e. The van der Waals surface area contributed by atoms with Gasteiger partial charge in [-0.15, -0.1) is 0 Å². The highest BCUT2D eigenvalue weighted by atomic mass is 15.0. The van der Waals surface area contributed by atoms with E-state index in [1.807, 2.05) is 42.5 Å². The molecule has 4 aliphatic carbocycles. The van der Waals surface area contributed by atoms with Gasteiger partial charge in [-0.1, -0.05) is 97.1 Å². The molecule has 0 atom stereocenters. The molecule has 2 heterocycles. The number of nitrogens with zero attached hydrogens (tertiary/aromatic N) is 5. The molecule has 0 amide bonds. The fourth-order valence-electron chi connectivity index (χ4n) is 10.6. The minimum atomic E-state index is 0.340. The zero-order valence-corrected chi connectivity index (χ0v) is 29.4. The Morgan fingerprint density at radius 3 is 1.77 bits per heavy atom. The van der Waals surface area contributed by atoms with Gasteiger partial charge in [0.05, 0.1) is 22.7 Å². The molecule has 5 nitrogen and oxygen atoms in total. The summed E-state index contributed by atoms with van der Waals surface area (Å²) in [5, 5.41) is 14.5. The molecule has 0 unspecified atom stereocenters. The molecule has 0 aliphatic heterocycles. The molecule has 4 aliphatic rings. The van der Waals surface area contributed by atoms with Crippen molar-refractivity contribution in [1.29, 1.82) is 5.26 Å². The molecule has 0 N–H and O–H groups in total. The third kappa shape index (κ3) is 5.00. The van der Waals surface area contributed by atoms with Crippen molar-refractivity contribution < 1.29 is 0 Å². The molecule has 53 heavy (non-hydrogen) atoms. The van der Waals surface area contributed by atoms with Crippen molar-refractivity contribution in [3.8, 4) is 45.9 Å². The lowest BCUT2D eigenvalue weighted by molar-refractivity contribution is -0.00518. The summed E-state index contributed by atoms with van der Waals surface area (Å²) in [6.45, 7) is 0. The molecular weight excluding hydrogens is 647 g/mol. The maximum atomic E-state index is 9.93. The first kappa shape index (κ1) is 30.5. The van der Waals surface area contributed by atoms with Crippen LogP contribution in [0, 0.1) is 29.1 Å². The molecule has 12 rings (SSSR count). The second-order valence-corrected chi connectivity index (χ2v) is 15.9. The normalized spacial score (nSPS) is 21.8. The van der Waals surface area contributed by atoms with Gasteiger partial charge in [-0.25, -0.2) is 15.0 Å². The second-order valence-electron chi connectivity index (χ2n) is 15.9. The Balaban J connectivity index is 1.07.